The molecule has 0 radical (unpaired) electrons. The van der Waals surface area contributed by atoms with Crippen LogP contribution in [0.2, 0.25) is 5.02 Å². The second kappa shape index (κ2) is 7.99. The number of aryl methyl sites for hydroxylation is 1. The molecule has 0 aliphatic carbocycles. The number of carbonyl (C=O) groups is 1. The van der Waals surface area contributed by atoms with Crippen LogP contribution in [0.1, 0.15) is 10.7 Å². The van der Waals surface area contributed by atoms with Crippen LogP contribution in [-0.4, -0.2) is 25.6 Å². The van der Waals surface area contributed by atoms with E-state index in [1.54, 1.807) is 29.8 Å². The Bertz CT molecular complexity index is 1140. The summed E-state index contributed by atoms with van der Waals surface area (Å²) in [5, 5.41) is 31.5. The lowest BCUT2D eigenvalue weighted by Crippen LogP contribution is -2.13. The molecule has 2 heterocycles. The Labute approximate surface area is 167 Å². The number of carbonyl (C=O) groups excluding carboxylic acids is 1. The van der Waals surface area contributed by atoms with Crippen LogP contribution < -0.4 is 5.32 Å². The number of nitriles is 1. The Hall–Kier alpha value is -3.55. The summed E-state index contributed by atoms with van der Waals surface area (Å²) in [6, 6.07) is 9.29. The second-order valence-electron chi connectivity index (χ2n) is 5.45. The fraction of sp³-hybridized carbons (Fsp3) is 0.0588. The van der Waals surface area contributed by atoms with Crippen LogP contribution in [0.3, 0.4) is 0 Å². The number of benzene rings is 1. The second-order valence-corrected chi connectivity index (χ2v) is 7.03. The van der Waals surface area contributed by atoms with E-state index in [0.717, 1.165) is 0 Å². The normalized spacial score (nSPS) is 11.1. The van der Waals surface area contributed by atoms with Crippen LogP contribution in [0.4, 0.5) is 10.8 Å². The maximum Gasteiger partial charge on any atom is 0.271 e. The number of amides is 1. The highest BCUT2D eigenvalue weighted by Crippen LogP contribution is 2.27. The first-order valence-corrected chi connectivity index (χ1v) is 8.93. The molecule has 2 aromatic heterocycles. The molecule has 3 aromatic rings. The molecule has 28 heavy (non-hydrogen) atoms. The number of aromatic nitrogens is 3. The van der Waals surface area contributed by atoms with E-state index < -0.39 is 10.8 Å². The van der Waals surface area contributed by atoms with Crippen molar-refractivity contribution in [2.24, 2.45) is 0 Å². The molecule has 0 fully saturated rings. The SMILES string of the molecule is Cc1nnc(NC(=O)/C(C#N)=C\c2cccn2-c2ccc([N+](=O)[O-])cc2Cl)s1. The van der Waals surface area contributed by atoms with Crippen molar-refractivity contribution in [2.75, 3.05) is 5.32 Å². The molecule has 9 nitrogen and oxygen atoms in total. The van der Waals surface area contributed by atoms with E-state index in [0.29, 0.717) is 16.4 Å². The van der Waals surface area contributed by atoms with E-state index in [2.05, 4.69) is 15.5 Å². The van der Waals surface area contributed by atoms with Gasteiger partial charge in [-0.2, -0.15) is 5.26 Å². The minimum atomic E-state index is -0.624. The molecule has 1 amide bonds. The lowest BCUT2D eigenvalue weighted by Gasteiger charge is -2.09. The fourth-order valence-electron chi connectivity index (χ4n) is 2.34. The summed E-state index contributed by atoms with van der Waals surface area (Å²) >= 11 is 7.36. The Balaban J connectivity index is 1.93. The van der Waals surface area contributed by atoms with Gasteiger partial charge in [0.25, 0.3) is 11.6 Å². The van der Waals surface area contributed by atoms with Crippen molar-refractivity contribution in [1.82, 2.24) is 14.8 Å². The summed E-state index contributed by atoms with van der Waals surface area (Å²) in [5.41, 5.74) is 0.685. The lowest BCUT2D eigenvalue weighted by molar-refractivity contribution is -0.384. The van der Waals surface area contributed by atoms with Crippen molar-refractivity contribution in [3.05, 3.63) is 67.9 Å². The molecule has 0 bridgehead atoms. The number of nitrogens with one attached hydrogen (secondary N) is 1. The van der Waals surface area contributed by atoms with Gasteiger partial charge in [-0.15, -0.1) is 10.2 Å². The topological polar surface area (TPSA) is 127 Å². The molecule has 0 atom stereocenters. The zero-order chi connectivity index (χ0) is 20.3. The molecule has 0 unspecified atom stereocenters. The minimum Gasteiger partial charge on any atom is -0.316 e. The number of non-ortho nitro benzene ring substituents is 1. The van der Waals surface area contributed by atoms with E-state index in [1.807, 2.05) is 6.07 Å². The molecule has 0 saturated heterocycles. The standard InChI is InChI=1S/C17H11ClN6O3S/c1-10-21-22-17(28-10)20-16(25)11(9-19)7-12-3-2-6-23(12)15-5-4-13(24(26)27)8-14(15)18/h2-8H,1H3,(H,20,22,25)/b11-7-. The molecule has 1 N–H and O–H groups in total. The summed E-state index contributed by atoms with van der Waals surface area (Å²) < 4.78 is 1.62. The molecule has 140 valence electrons. The summed E-state index contributed by atoms with van der Waals surface area (Å²) in [5.74, 6) is -0.624. The maximum atomic E-state index is 12.3. The van der Waals surface area contributed by atoms with Crippen LogP contribution in [0.25, 0.3) is 11.8 Å². The van der Waals surface area contributed by atoms with Crippen molar-refractivity contribution >= 4 is 45.7 Å². The largest absolute Gasteiger partial charge is 0.316 e. The number of hydrogen-bond donors (Lipinski definition) is 1. The van der Waals surface area contributed by atoms with Crippen LogP contribution in [0, 0.1) is 28.4 Å². The number of anilines is 1. The van der Waals surface area contributed by atoms with Crippen molar-refractivity contribution < 1.29 is 9.72 Å². The van der Waals surface area contributed by atoms with Gasteiger partial charge in [0.1, 0.15) is 16.6 Å². The molecule has 1 aromatic carbocycles. The van der Waals surface area contributed by atoms with E-state index in [9.17, 15) is 20.2 Å². The highest BCUT2D eigenvalue weighted by atomic mass is 35.5. The molecule has 11 heteroatoms. The van der Waals surface area contributed by atoms with Crippen LogP contribution in [0.5, 0.6) is 0 Å². The van der Waals surface area contributed by atoms with Crippen molar-refractivity contribution in [2.45, 2.75) is 6.92 Å². The van der Waals surface area contributed by atoms with Gasteiger partial charge in [0.15, 0.2) is 0 Å². The van der Waals surface area contributed by atoms with Gasteiger partial charge in [-0.1, -0.05) is 22.9 Å². The highest BCUT2D eigenvalue weighted by Gasteiger charge is 2.15. The molecule has 0 aliphatic heterocycles. The first-order valence-electron chi connectivity index (χ1n) is 7.74. The molecular formula is C17H11ClN6O3S. The third-order valence-electron chi connectivity index (χ3n) is 3.59. The lowest BCUT2D eigenvalue weighted by atomic mass is 10.2. The average Bonchev–Trinajstić information content (AvgIpc) is 3.28. The highest BCUT2D eigenvalue weighted by molar-refractivity contribution is 7.15. The van der Waals surface area contributed by atoms with Crippen molar-refractivity contribution in [1.29, 1.82) is 5.26 Å². The minimum absolute atomic E-state index is 0.137. The van der Waals surface area contributed by atoms with Crippen LogP contribution >= 0.6 is 22.9 Å². The van der Waals surface area contributed by atoms with Crippen LogP contribution in [-0.2, 0) is 4.79 Å². The smallest absolute Gasteiger partial charge is 0.271 e. The first kappa shape index (κ1) is 19.2. The van der Waals surface area contributed by atoms with Gasteiger partial charge in [0, 0.05) is 24.0 Å². The quantitative estimate of drug-likeness (QED) is 0.293. The third-order valence-corrected chi connectivity index (χ3v) is 4.64. The fourth-order valence-corrected chi connectivity index (χ4v) is 3.20. The number of rotatable bonds is 5. The molecule has 3 rings (SSSR count). The van der Waals surface area contributed by atoms with Gasteiger partial charge in [0.2, 0.25) is 5.13 Å². The summed E-state index contributed by atoms with van der Waals surface area (Å²) in [6.07, 6.45) is 3.06. The van der Waals surface area contributed by atoms with Crippen molar-refractivity contribution in [3.8, 4) is 11.8 Å². The predicted octanol–water partition coefficient (Wildman–Crippen LogP) is 3.74. The van der Waals surface area contributed by atoms with Gasteiger partial charge in [-0.05, 0) is 31.2 Å². The number of halogens is 1. The van der Waals surface area contributed by atoms with Gasteiger partial charge in [-0.3, -0.25) is 20.2 Å². The number of nitro benzene ring substituents is 1. The van der Waals surface area contributed by atoms with E-state index in [1.165, 1.54) is 35.6 Å². The first-order chi connectivity index (χ1) is 13.4. The average molecular weight is 415 g/mol. The summed E-state index contributed by atoms with van der Waals surface area (Å²) in [4.78, 5) is 22.7. The molecule has 0 saturated carbocycles. The zero-order valence-electron chi connectivity index (χ0n) is 14.3. The Morgan fingerprint density at radius 1 is 1.43 bits per heavy atom. The van der Waals surface area contributed by atoms with Crippen molar-refractivity contribution in [3.63, 3.8) is 0 Å². The molecule has 0 aliphatic rings. The van der Waals surface area contributed by atoms with E-state index in [-0.39, 0.29) is 21.4 Å². The monoisotopic (exact) mass is 414 g/mol. The Morgan fingerprint density at radius 3 is 2.82 bits per heavy atom. The number of nitrogens with zero attached hydrogens (tertiary/aromatic N) is 5. The van der Waals surface area contributed by atoms with E-state index >= 15 is 0 Å². The Morgan fingerprint density at radius 2 is 2.21 bits per heavy atom. The number of nitro groups is 1. The van der Waals surface area contributed by atoms with Gasteiger partial charge >= 0.3 is 0 Å². The predicted molar refractivity (Wildman–Crippen MR) is 104 cm³/mol. The van der Waals surface area contributed by atoms with Gasteiger partial charge in [0.05, 0.1) is 15.6 Å². The third kappa shape index (κ3) is 4.06. The molecule has 0 spiro atoms. The zero-order valence-corrected chi connectivity index (χ0v) is 15.9. The van der Waals surface area contributed by atoms with Crippen LogP contribution in [0.15, 0.2) is 42.1 Å². The van der Waals surface area contributed by atoms with Gasteiger partial charge in [-0.25, -0.2) is 0 Å². The summed E-state index contributed by atoms with van der Waals surface area (Å²) in [6.45, 7) is 1.75. The van der Waals surface area contributed by atoms with Gasteiger partial charge < -0.3 is 4.57 Å². The Kier molecular flexibility index (Phi) is 5.49. The molecular weight excluding hydrogens is 404 g/mol. The number of hydrogen-bond acceptors (Lipinski definition) is 7. The summed E-state index contributed by atoms with van der Waals surface area (Å²) in [7, 11) is 0. The maximum absolute atomic E-state index is 12.3. The van der Waals surface area contributed by atoms with E-state index in [4.69, 9.17) is 11.6 Å².